The molecule has 4 heteroatoms. The van der Waals surface area contributed by atoms with Gasteiger partial charge in [0.2, 0.25) is 0 Å². The van der Waals surface area contributed by atoms with Crippen molar-refractivity contribution in [2.45, 2.75) is 20.0 Å². The first kappa shape index (κ1) is 16.2. The number of likely N-dealkylation sites (N-methyl/N-ethyl adjacent to an activating group) is 1. The fourth-order valence-corrected chi connectivity index (χ4v) is 1.54. The number of halogens is 1. The second kappa shape index (κ2) is 9.28. The Morgan fingerprint density at radius 1 is 1.18 bits per heavy atom. The third-order valence-electron chi connectivity index (χ3n) is 2.55. The number of ether oxygens (including phenoxy) is 1. The maximum absolute atomic E-state index is 9.78. The fourth-order valence-electron chi connectivity index (χ4n) is 1.54. The van der Waals surface area contributed by atoms with E-state index in [0.29, 0.717) is 13.2 Å². The van der Waals surface area contributed by atoms with Crippen LogP contribution in [0.3, 0.4) is 0 Å². The highest BCUT2D eigenvalue weighted by atomic mass is 35.5. The van der Waals surface area contributed by atoms with Crippen LogP contribution >= 0.6 is 12.4 Å². The van der Waals surface area contributed by atoms with E-state index in [2.05, 4.69) is 18.7 Å². The molecular weight excluding hydrogens is 238 g/mol. The molecule has 0 saturated heterocycles. The Morgan fingerprint density at radius 2 is 1.76 bits per heavy atom. The quantitative estimate of drug-likeness (QED) is 0.815. The second-order valence-electron chi connectivity index (χ2n) is 3.76. The Morgan fingerprint density at radius 3 is 2.29 bits per heavy atom. The summed E-state index contributed by atoms with van der Waals surface area (Å²) in [4.78, 5) is 2.18. The Labute approximate surface area is 110 Å². The maximum Gasteiger partial charge on any atom is 0.119 e. The molecule has 0 fully saturated rings. The third kappa shape index (κ3) is 6.51. The number of aliphatic hydroxyl groups excluding tert-OH is 1. The molecule has 0 saturated carbocycles. The predicted molar refractivity (Wildman–Crippen MR) is 73.0 cm³/mol. The summed E-state index contributed by atoms with van der Waals surface area (Å²) in [6, 6.07) is 9.58. The lowest BCUT2D eigenvalue weighted by Gasteiger charge is -2.21. The molecule has 98 valence electrons. The Balaban J connectivity index is 0.00000256. The minimum atomic E-state index is -0.430. The van der Waals surface area contributed by atoms with Crippen LogP contribution in [0, 0.1) is 0 Å². The van der Waals surface area contributed by atoms with Gasteiger partial charge in [-0.2, -0.15) is 0 Å². The molecule has 0 radical (unpaired) electrons. The number of nitrogens with zero attached hydrogens (tertiary/aromatic N) is 1. The monoisotopic (exact) mass is 259 g/mol. The van der Waals surface area contributed by atoms with Gasteiger partial charge in [0, 0.05) is 6.54 Å². The van der Waals surface area contributed by atoms with Gasteiger partial charge in [-0.3, -0.25) is 0 Å². The van der Waals surface area contributed by atoms with Gasteiger partial charge in [-0.05, 0) is 25.2 Å². The van der Waals surface area contributed by atoms with E-state index in [1.54, 1.807) is 0 Å². The molecule has 1 atom stereocenters. The second-order valence-corrected chi connectivity index (χ2v) is 3.76. The van der Waals surface area contributed by atoms with Crippen LogP contribution in [0.15, 0.2) is 30.3 Å². The number of benzene rings is 1. The van der Waals surface area contributed by atoms with E-state index < -0.39 is 6.10 Å². The topological polar surface area (TPSA) is 32.7 Å². The van der Waals surface area contributed by atoms with E-state index >= 15 is 0 Å². The number of para-hydroxylation sites is 1. The van der Waals surface area contributed by atoms with Crippen LogP contribution in [-0.4, -0.2) is 42.4 Å². The standard InChI is InChI=1S/C13H21NO2.ClH/c1-3-14(4-2)10-12(15)11-16-13-8-6-5-7-9-13;/h5-9,12,15H,3-4,10-11H2,1-2H3;1H. The summed E-state index contributed by atoms with van der Waals surface area (Å²) >= 11 is 0. The number of hydrogen-bond donors (Lipinski definition) is 1. The van der Waals surface area contributed by atoms with E-state index in [0.717, 1.165) is 18.8 Å². The summed E-state index contributed by atoms with van der Waals surface area (Å²) in [6.45, 7) is 7.11. The van der Waals surface area contributed by atoms with Gasteiger partial charge in [0.15, 0.2) is 0 Å². The van der Waals surface area contributed by atoms with Gasteiger partial charge in [0.25, 0.3) is 0 Å². The fraction of sp³-hybridized carbons (Fsp3) is 0.538. The molecule has 0 heterocycles. The van der Waals surface area contributed by atoms with Gasteiger partial charge in [0.05, 0.1) is 0 Å². The minimum Gasteiger partial charge on any atom is -0.491 e. The number of rotatable bonds is 7. The molecular formula is C13H22ClNO2. The maximum atomic E-state index is 9.78. The highest BCUT2D eigenvalue weighted by molar-refractivity contribution is 5.85. The lowest BCUT2D eigenvalue weighted by molar-refractivity contribution is 0.0716. The van der Waals surface area contributed by atoms with Crippen molar-refractivity contribution in [2.24, 2.45) is 0 Å². The van der Waals surface area contributed by atoms with Crippen molar-refractivity contribution < 1.29 is 9.84 Å². The Hall–Kier alpha value is -0.770. The average molecular weight is 260 g/mol. The average Bonchev–Trinajstić information content (AvgIpc) is 2.34. The van der Waals surface area contributed by atoms with Crippen LogP contribution < -0.4 is 4.74 Å². The lowest BCUT2D eigenvalue weighted by Crippen LogP contribution is -2.35. The van der Waals surface area contributed by atoms with Crippen molar-refractivity contribution in [2.75, 3.05) is 26.2 Å². The van der Waals surface area contributed by atoms with E-state index in [1.807, 2.05) is 30.3 Å². The van der Waals surface area contributed by atoms with Gasteiger partial charge in [-0.15, -0.1) is 12.4 Å². The van der Waals surface area contributed by atoms with Crippen LogP contribution in [0.1, 0.15) is 13.8 Å². The van der Waals surface area contributed by atoms with Crippen LogP contribution in [0.4, 0.5) is 0 Å². The van der Waals surface area contributed by atoms with Crippen LogP contribution in [0.2, 0.25) is 0 Å². The first-order chi connectivity index (χ1) is 7.76. The normalized spacial score (nSPS) is 12.0. The van der Waals surface area contributed by atoms with Crippen LogP contribution in [0.5, 0.6) is 5.75 Å². The first-order valence-corrected chi connectivity index (χ1v) is 5.84. The molecule has 0 aliphatic heterocycles. The molecule has 1 N–H and O–H groups in total. The summed E-state index contributed by atoms with van der Waals surface area (Å²) in [6.07, 6.45) is -0.430. The van der Waals surface area contributed by atoms with E-state index in [1.165, 1.54) is 0 Å². The van der Waals surface area contributed by atoms with E-state index in [9.17, 15) is 5.11 Å². The smallest absolute Gasteiger partial charge is 0.119 e. The van der Waals surface area contributed by atoms with Gasteiger partial charge < -0.3 is 14.7 Å². The molecule has 0 aliphatic rings. The van der Waals surface area contributed by atoms with Crippen molar-refractivity contribution in [1.29, 1.82) is 0 Å². The summed E-state index contributed by atoms with van der Waals surface area (Å²) in [7, 11) is 0. The molecule has 3 nitrogen and oxygen atoms in total. The summed E-state index contributed by atoms with van der Waals surface area (Å²) in [5.41, 5.74) is 0. The summed E-state index contributed by atoms with van der Waals surface area (Å²) < 4.78 is 5.48. The SMILES string of the molecule is CCN(CC)CC(O)COc1ccccc1.Cl. The Kier molecular flexibility index (Phi) is 8.86. The zero-order valence-corrected chi connectivity index (χ0v) is 11.3. The third-order valence-corrected chi connectivity index (χ3v) is 2.55. The molecule has 0 aliphatic carbocycles. The van der Waals surface area contributed by atoms with Crippen molar-refractivity contribution in [3.05, 3.63) is 30.3 Å². The van der Waals surface area contributed by atoms with E-state index in [4.69, 9.17) is 4.74 Å². The molecule has 0 spiro atoms. The van der Waals surface area contributed by atoms with Crippen molar-refractivity contribution in [1.82, 2.24) is 4.90 Å². The molecule has 0 aromatic heterocycles. The van der Waals surface area contributed by atoms with Gasteiger partial charge in [0.1, 0.15) is 18.5 Å². The van der Waals surface area contributed by atoms with E-state index in [-0.39, 0.29) is 12.4 Å². The van der Waals surface area contributed by atoms with Crippen molar-refractivity contribution in [3.8, 4) is 5.75 Å². The molecule has 1 unspecified atom stereocenters. The zero-order valence-electron chi connectivity index (χ0n) is 10.5. The molecule has 17 heavy (non-hydrogen) atoms. The van der Waals surface area contributed by atoms with Gasteiger partial charge >= 0.3 is 0 Å². The number of aliphatic hydroxyl groups is 1. The zero-order chi connectivity index (χ0) is 11.8. The van der Waals surface area contributed by atoms with Gasteiger partial charge in [-0.1, -0.05) is 32.0 Å². The largest absolute Gasteiger partial charge is 0.491 e. The highest BCUT2D eigenvalue weighted by Crippen LogP contribution is 2.08. The predicted octanol–water partition coefficient (Wildman–Crippen LogP) is 2.19. The molecule has 0 bridgehead atoms. The minimum absolute atomic E-state index is 0. The lowest BCUT2D eigenvalue weighted by atomic mass is 10.3. The molecule has 1 aromatic rings. The molecule has 1 aromatic carbocycles. The van der Waals surface area contributed by atoms with Gasteiger partial charge in [-0.25, -0.2) is 0 Å². The van der Waals surface area contributed by atoms with Crippen LogP contribution in [0.25, 0.3) is 0 Å². The first-order valence-electron chi connectivity index (χ1n) is 5.84. The molecule has 0 amide bonds. The molecule has 1 rings (SSSR count). The van der Waals surface area contributed by atoms with Crippen LogP contribution in [-0.2, 0) is 0 Å². The van der Waals surface area contributed by atoms with Crippen molar-refractivity contribution in [3.63, 3.8) is 0 Å². The number of hydrogen-bond acceptors (Lipinski definition) is 3. The Bertz CT molecular complexity index is 278. The van der Waals surface area contributed by atoms with Crippen molar-refractivity contribution >= 4 is 12.4 Å². The summed E-state index contributed by atoms with van der Waals surface area (Å²) in [5.74, 6) is 0.807. The summed E-state index contributed by atoms with van der Waals surface area (Å²) in [5, 5.41) is 9.78. The highest BCUT2D eigenvalue weighted by Gasteiger charge is 2.09.